The summed E-state index contributed by atoms with van der Waals surface area (Å²) in [7, 11) is 9.91. The van der Waals surface area contributed by atoms with E-state index in [1.54, 1.807) is 0 Å². The van der Waals surface area contributed by atoms with Gasteiger partial charge < -0.3 is 33.8 Å². The molecule has 0 amide bonds. The van der Waals surface area contributed by atoms with Crippen molar-refractivity contribution in [1.82, 2.24) is 0 Å². The predicted molar refractivity (Wildman–Crippen MR) is 221 cm³/mol. The first-order valence-corrected chi connectivity index (χ1v) is 23.0. The second kappa shape index (κ2) is 42.2. The zero-order chi connectivity index (χ0) is 35.3. The lowest BCUT2D eigenvalue weighted by Gasteiger charge is -2.36. The van der Waals surface area contributed by atoms with Crippen molar-refractivity contribution in [2.45, 2.75) is 245 Å². The second-order valence-corrected chi connectivity index (χ2v) is 17.8. The van der Waals surface area contributed by atoms with E-state index in [4.69, 9.17) is 0 Å². The van der Waals surface area contributed by atoms with Crippen LogP contribution in [0.25, 0.3) is 0 Å². The normalized spacial score (nSPS) is 11.9. The number of hydrogen-bond acceptors (Lipinski definition) is 0. The molecule has 50 heavy (non-hydrogen) atoms. The smallest absolute Gasteiger partial charge is 0.128 e. The van der Waals surface area contributed by atoms with Crippen LogP contribution < -0.4 is 24.8 Å². The van der Waals surface area contributed by atoms with Gasteiger partial charge in [0.1, 0.15) is 13.1 Å². The van der Waals surface area contributed by atoms with Gasteiger partial charge in [0.25, 0.3) is 0 Å². The molecule has 0 aliphatic rings. The Balaban J connectivity index is -0.0000110. The van der Waals surface area contributed by atoms with E-state index >= 15 is 0 Å². The summed E-state index contributed by atoms with van der Waals surface area (Å²) in [5.74, 6) is 0. The molecule has 0 atom stereocenters. The average Bonchev–Trinajstić information content (AvgIpc) is 3.06. The Morgan fingerprint density at radius 1 is 0.200 bits per heavy atom. The number of likely N-dealkylation sites (N-methyl/N-ethyl adjacent to an activating group) is 2. The second-order valence-electron chi connectivity index (χ2n) is 17.8. The Morgan fingerprint density at radius 2 is 0.340 bits per heavy atom. The van der Waals surface area contributed by atoms with Gasteiger partial charge in [0.05, 0.1) is 41.3 Å². The molecule has 0 aliphatic heterocycles. The Hall–Kier alpha value is 0.500. The first-order chi connectivity index (χ1) is 23.3. The number of hydrogen-bond donors (Lipinski definition) is 0. The maximum absolute atomic E-state index is 2.48. The van der Waals surface area contributed by atoms with E-state index in [-0.39, 0.29) is 24.8 Å². The van der Waals surface area contributed by atoms with Crippen molar-refractivity contribution in [2.75, 3.05) is 54.4 Å². The maximum Gasteiger partial charge on any atom is 0.128 e. The molecule has 0 N–H and O–H groups in total. The van der Waals surface area contributed by atoms with Gasteiger partial charge in [-0.1, -0.05) is 219 Å². The van der Waals surface area contributed by atoms with Gasteiger partial charge in [-0.25, -0.2) is 0 Å². The molecule has 0 fully saturated rings. The fourth-order valence-electron chi connectivity index (χ4n) is 7.65. The maximum atomic E-state index is 2.48. The zero-order valence-corrected chi connectivity index (χ0v) is 37.4. The van der Waals surface area contributed by atoms with Crippen LogP contribution in [0.15, 0.2) is 0 Å². The van der Waals surface area contributed by atoms with E-state index in [0.717, 1.165) is 0 Å². The fourth-order valence-corrected chi connectivity index (χ4v) is 7.65. The lowest BCUT2D eigenvalue weighted by atomic mass is 10.0. The SMILES string of the molecule is CCCCCCCCCCCCCCCCCCCC[N+](C)(C)CC[N+](C)(C)CCCCCCCCCCCCCCCCCCCC.[Cl-].[Cl-]. The van der Waals surface area contributed by atoms with E-state index in [1.165, 1.54) is 266 Å². The molecule has 0 aromatic carbocycles. The molecule has 4 heteroatoms. The molecule has 0 bridgehead atoms. The molecular weight excluding hydrogens is 651 g/mol. The highest BCUT2D eigenvalue weighted by Crippen LogP contribution is 2.17. The highest BCUT2D eigenvalue weighted by atomic mass is 35.5. The van der Waals surface area contributed by atoms with Gasteiger partial charge in [0.2, 0.25) is 0 Å². The molecule has 0 unspecified atom stereocenters. The van der Waals surface area contributed by atoms with E-state index in [9.17, 15) is 0 Å². The molecule has 2 nitrogen and oxygen atoms in total. The largest absolute Gasteiger partial charge is 1.00 e. The van der Waals surface area contributed by atoms with Crippen molar-refractivity contribution >= 4 is 0 Å². The van der Waals surface area contributed by atoms with E-state index in [1.807, 2.05) is 0 Å². The van der Waals surface area contributed by atoms with Crippen molar-refractivity contribution in [1.29, 1.82) is 0 Å². The number of quaternary nitrogens is 2. The van der Waals surface area contributed by atoms with Crippen LogP contribution in [0, 0.1) is 0 Å². The van der Waals surface area contributed by atoms with E-state index in [2.05, 4.69) is 42.0 Å². The van der Waals surface area contributed by atoms with Gasteiger partial charge in [-0.05, 0) is 25.7 Å². The minimum absolute atomic E-state index is 0. The molecule has 0 saturated carbocycles. The van der Waals surface area contributed by atoms with Crippen LogP contribution in [0.2, 0.25) is 0 Å². The van der Waals surface area contributed by atoms with Crippen LogP contribution in [0.1, 0.15) is 245 Å². The first kappa shape index (κ1) is 54.8. The van der Waals surface area contributed by atoms with Crippen molar-refractivity contribution in [3.05, 3.63) is 0 Å². The minimum Gasteiger partial charge on any atom is -1.00 e. The van der Waals surface area contributed by atoms with Crippen molar-refractivity contribution < 1.29 is 33.8 Å². The van der Waals surface area contributed by atoms with Gasteiger partial charge in [-0.15, -0.1) is 0 Å². The minimum atomic E-state index is 0. The predicted octanol–water partition coefficient (Wildman–Crippen LogP) is 9.23. The molecule has 0 rings (SSSR count). The van der Waals surface area contributed by atoms with Crippen LogP contribution in [-0.2, 0) is 0 Å². The van der Waals surface area contributed by atoms with Crippen molar-refractivity contribution in [3.8, 4) is 0 Å². The lowest BCUT2D eigenvalue weighted by Crippen LogP contribution is -3.00. The topological polar surface area (TPSA) is 0 Å². The summed E-state index contributed by atoms with van der Waals surface area (Å²) >= 11 is 0. The summed E-state index contributed by atoms with van der Waals surface area (Å²) in [6.07, 6.45) is 52.7. The third kappa shape index (κ3) is 44.7. The third-order valence-corrected chi connectivity index (χ3v) is 11.5. The van der Waals surface area contributed by atoms with E-state index in [0.29, 0.717) is 0 Å². The zero-order valence-electron chi connectivity index (χ0n) is 35.9. The van der Waals surface area contributed by atoms with Gasteiger partial charge in [-0.2, -0.15) is 0 Å². The van der Waals surface area contributed by atoms with Gasteiger partial charge in [0.15, 0.2) is 0 Å². The van der Waals surface area contributed by atoms with Crippen LogP contribution >= 0.6 is 0 Å². The highest BCUT2D eigenvalue weighted by molar-refractivity contribution is 4.53. The van der Waals surface area contributed by atoms with Crippen LogP contribution in [-0.4, -0.2) is 63.3 Å². The molecule has 0 aliphatic carbocycles. The summed E-state index contributed by atoms with van der Waals surface area (Å²) in [6, 6.07) is 0. The van der Waals surface area contributed by atoms with E-state index < -0.39 is 0 Å². The number of nitrogens with zero attached hydrogens (tertiary/aromatic N) is 2. The van der Waals surface area contributed by atoms with Crippen molar-refractivity contribution in [2.24, 2.45) is 0 Å². The summed E-state index contributed by atoms with van der Waals surface area (Å²) in [6.45, 7) is 9.99. The summed E-state index contributed by atoms with van der Waals surface area (Å²) in [4.78, 5) is 0. The molecule has 0 spiro atoms. The first-order valence-electron chi connectivity index (χ1n) is 23.0. The number of rotatable bonds is 41. The Bertz CT molecular complexity index is 557. The average molecular weight is 750 g/mol. The van der Waals surface area contributed by atoms with Crippen LogP contribution in [0.5, 0.6) is 0 Å². The van der Waals surface area contributed by atoms with Crippen LogP contribution in [0.3, 0.4) is 0 Å². The summed E-state index contributed by atoms with van der Waals surface area (Å²) < 4.78 is 2.42. The lowest BCUT2D eigenvalue weighted by molar-refractivity contribution is -0.946. The highest BCUT2D eigenvalue weighted by Gasteiger charge is 2.22. The molecule has 0 saturated heterocycles. The van der Waals surface area contributed by atoms with Crippen molar-refractivity contribution in [3.63, 3.8) is 0 Å². The quantitative estimate of drug-likeness (QED) is 0.0432. The third-order valence-electron chi connectivity index (χ3n) is 11.5. The summed E-state index contributed by atoms with van der Waals surface area (Å²) in [5.41, 5.74) is 0. The Labute approximate surface area is 331 Å². The molecule has 0 aromatic rings. The van der Waals surface area contributed by atoms with Crippen LogP contribution in [0.4, 0.5) is 0 Å². The van der Waals surface area contributed by atoms with Gasteiger partial charge in [0, 0.05) is 0 Å². The van der Waals surface area contributed by atoms with Gasteiger partial charge in [-0.3, -0.25) is 0 Å². The molecule has 306 valence electrons. The standard InChI is InChI=1S/C46H98N2.2ClH/c1-7-9-11-13-15-17-19-21-23-25-27-29-31-33-35-37-39-41-43-47(3,4)45-46-48(5,6)44-42-40-38-36-34-32-30-28-26-24-22-20-18-16-14-12-10-8-2;;/h7-46H2,1-6H3;2*1H/q+2;;/p-2. The fraction of sp³-hybridized carbons (Fsp3) is 1.00. The molecular formula is C46H98Cl2N2. The molecule has 0 aromatic heterocycles. The Kier molecular flexibility index (Phi) is 46.3. The molecule has 0 radical (unpaired) electrons. The summed E-state index contributed by atoms with van der Waals surface area (Å²) in [5, 5.41) is 0. The molecule has 0 heterocycles. The van der Waals surface area contributed by atoms with Gasteiger partial charge >= 0.3 is 0 Å². The number of unbranched alkanes of at least 4 members (excludes halogenated alkanes) is 34. The monoisotopic (exact) mass is 749 g/mol. The number of halogens is 2. The Morgan fingerprint density at radius 3 is 0.500 bits per heavy atom.